The molecule has 0 radical (unpaired) electrons. The molecule has 0 fully saturated rings. The Morgan fingerprint density at radius 1 is 1.38 bits per heavy atom. The highest BCUT2D eigenvalue weighted by Gasteiger charge is 2.05. The molecule has 0 saturated heterocycles. The Morgan fingerprint density at radius 2 is 2.19 bits per heavy atom. The van der Waals surface area contributed by atoms with E-state index in [9.17, 15) is 0 Å². The number of nitriles is 1. The fraction of sp³-hybridized carbons (Fsp3) is 0.182. The molecule has 5 heteroatoms. The quantitative estimate of drug-likeness (QED) is 0.752. The highest BCUT2D eigenvalue weighted by Crippen LogP contribution is 2.11. The van der Waals surface area contributed by atoms with Crippen molar-refractivity contribution >= 4 is 5.95 Å². The van der Waals surface area contributed by atoms with Crippen LogP contribution in [0.3, 0.4) is 0 Å². The average Bonchev–Trinajstić information content (AvgIpc) is 2.77. The first-order valence-corrected chi connectivity index (χ1v) is 4.80. The molecule has 0 aliphatic carbocycles. The minimum absolute atomic E-state index is 0.559. The van der Waals surface area contributed by atoms with Crippen LogP contribution in [-0.4, -0.2) is 28.6 Å². The summed E-state index contributed by atoms with van der Waals surface area (Å²) in [6, 6.07) is 7.45. The first-order valence-electron chi connectivity index (χ1n) is 4.80. The zero-order valence-corrected chi connectivity index (χ0v) is 9.12. The van der Waals surface area contributed by atoms with Crippen molar-refractivity contribution in [2.75, 3.05) is 19.0 Å². The van der Waals surface area contributed by atoms with Crippen LogP contribution in [0.2, 0.25) is 0 Å². The van der Waals surface area contributed by atoms with Crippen LogP contribution in [0, 0.1) is 11.3 Å². The van der Waals surface area contributed by atoms with Gasteiger partial charge in [-0.05, 0) is 18.2 Å². The molecule has 2 heterocycles. The van der Waals surface area contributed by atoms with Crippen molar-refractivity contribution in [1.82, 2.24) is 14.5 Å². The average molecular weight is 213 g/mol. The molecule has 2 rings (SSSR count). The predicted octanol–water partition coefficient (Wildman–Crippen LogP) is 1.20. The van der Waals surface area contributed by atoms with Gasteiger partial charge in [0.15, 0.2) is 0 Å². The molecule has 0 saturated carbocycles. The minimum Gasteiger partial charge on any atom is -0.347 e. The third-order valence-corrected chi connectivity index (χ3v) is 2.14. The van der Waals surface area contributed by atoms with Gasteiger partial charge in [0.05, 0.1) is 0 Å². The van der Waals surface area contributed by atoms with Gasteiger partial charge in [-0.25, -0.2) is 4.98 Å². The third-order valence-electron chi connectivity index (χ3n) is 2.14. The van der Waals surface area contributed by atoms with Crippen LogP contribution in [0.5, 0.6) is 0 Å². The summed E-state index contributed by atoms with van der Waals surface area (Å²) < 4.78 is 1.73. The van der Waals surface area contributed by atoms with Crippen molar-refractivity contribution in [2.45, 2.75) is 0 Å². The maximum atomic E-state index is 8.92. The van der Waals surface area contributed by atoms with Crippen molar-refractivity contribution in [1.29, 1.82) is 5.26 Å². The summed E-state index contributed by atoms with van der Waals surface area (Å²) in [5, 5.41) is 8.92. The highest BCUT2D eigenvalue weighted by atomic mass is 15.2. The van der Waals surface area contributed by atoms with Crippen LogP contribution in [0.25, 0.3) is 5.82 Å². The van der Waals surface area contributed by atoms with Gasteiger partial charge in [0.2, 0.25) is 5.95 Å². The molecule has 2 aromatic heterocycles. The molecule has 0 atom stereocenters. The van der Waals surface area contributed by atoms with E-state index in [-0.39, 0.29) is 0 Å². The fourth-order valence-corrected chi connectivity index (χ4v) is 1.36. The standard InChI is InChI=1S/C11H11N5/c1-15(2)11-13-6-5-10(14-11)16-7-3-4-9(16)8-12/h3-7H,1-2H3. The predicted molar refractivity (Wildman–Crippen MR) is 60.4 cm³/mol. The molecule has 0 bridgehead atoms. The Kier molecular flexibility index (Phi) is 2.56. The summed E-state index contributed by atoms with van der Waals surface area (Å²) in [5.41, 5.74) is 0.559. The monoisotopic (exact) mass is 213 g/mol. The van der Waals surface area contributed by atoms with Gasteiger partial charge >= 0.3 is 0 Å². The first-order chi connectivity index (χ1) is 7.72. The van der Waals surface area contributed by atoms with Crippen molar-refractivity contribution in [2.24, 2.45) is 0 Å². The van der Waals surface area contributed by atoms with E-state index in [0.717, 1.165) is 0 Å². The number of hydrogen-bond donors (Lipinski definition) is 0. The van der Waals surface area contributed by atoms with Crippen molar-refractivity contribution in [3.05, 3.63) is 36.3 Å². The van der Waals surface area contributed by atoms with E-state index in [0.29, 0.717) is 17.5 Å². The Morgan fingerprint density at radius 3 is 2.88 bits per heavy atom. The number of hydrogen-bond acceptors (Lipinski definition) is 4. The van der Waals surface area contributed by atoms with E-state index in [1.165, 1.54) is 0 Å². The lowest BCUT2D eigenvalue weighted by atomic mass is 10.4. The number of anilines is 1. The number of aromatic nitrogens is 3. The molecule has 0 aliphatic rings. The lowest BCUT2D eigenvalue weighted by Gasteiger charge is -2.11. The Bertz CT molecular complexity index is 535. The smallest absolute Gasteiger partial charge is 0.226 e. The van der Waals surface area contributed by atoms with E-state index in [1.807, 2.05) is 25.1 Å². The molecule has 0 aromatic carbocycles. The summed E-state index contributed by atoms with van der Waals surface area (Å²) in [7, 11) is 3.75. The van der Waals surface area contributed by atoms with Gasteiger partial charge in [-0.2, -0.15) is 10.2 Å². The largest absolute Gasteiger partial charge is 0.347 e. The zero-order valence-electron chi connectivity index (χ0n) is 9.12. The summed E-state index contributed by atoms with van der Waals surface area (Å²) in [6.45, 7) is 0. The van der Waals surface area contributed by atoms with Crippen LogP contribution in [0.4, 0.5) is 5.95 Å². The third kappa shape index (κ3) is 1.73. The molecule has 2 aromatic rings. The van der Waals surface area contributed by atoms with Crippen LogP contribution in [-0.2, 0) is 0 Å². The normalized spacial score (nSPS) is 9.81. The van der Waals surface area contributed by atoms with Crippen LogP contribution >= 0.6 is 0 Å². The second-order valence-corrected chi connectivity index (χ2v) is 3.48. The number of rotatable bonds is 2. The molecule has 80 valence electrons. The van der Waals surface area contributed by atoms with E-state index in [2.05, 4.69) is 16.0 Å². The van der Waals surface area contributed by atoms with Crippen molar-refractivity contribution in [3.63, 3.8) is 0 Å². The molecule has 0 unspecified atom stereocenters. The Labute approximate surface area is 93.6 Å². The summed E-state index contributed by atoms with van der Waals surface area (Å²) in [6.07, 6.45) is 3.49. The molecule has 16 heavy (non-hydrogen) atoms. The maximum Gasteiger partial charge on any atom is 0.226 e. The summed E-state index contributed by atoms with van der Waals surface area (Å²) >= 11 is 0. The van der Waals surface area contributed by atoms with Crippen LogP contribution in [0.1, 0.15) is 5.69 Å². The van der Waals surface area contributed by atoms with Crippen molar-refractivity contribution in [3.8, 4) is 11.9 Å². The topological polar surface area (TPSA) is 57.7 Å². The molecular weight excluding hydrogens is 202 g/mol. The lowest BCUT2D eigenvalue weighted by Crippen LogP contribution is -2.13. The fourth-order valence-electron chi connectivity index (χ4n) is 1.36. The molecule has 5 nitrogen and oxygen atoms in total. The van der Waals surface area contributed by atoms with Gasteiger partial charge in [0.25, 0.3) is 0 Å². The maximum absolute atomic E-state index is 8.92. The van der Waals surface area contributed by atoms with Gasteiger partial charge in [-0.3, -0.25) is 4.57 Å². The van der Waals surface area contributed by atoms with Crippen LogP contribution in [0.15, 0.2) is 30.6 Å². The van der Waals surface area contributed by atoms with E-state index < -0.39 is 0 Å². The van der Waals surface area contributed by atoms with Gasteiger partial charge in [0, 0.05) is 26.5 Å². The summed E-state index contributed by atoms with van der Waals surface area (Å²) in [5.74, 6) is 1.32. The van der Waals surface area contributed by atoms with E-state index in [1.54, 1.807) is 29.1 Å². The van der Waals surface area contributed by atoms with Crippen molar-refractivity contribution < 1.29 is 0 Å². The second kappa shape index (κ2) is 4.03. The first kappa shape index (κ1) is 10.2. The molecule has 0 amide bonds. The molecule has 0 N–H and O–H groups in total. The second-order valence-electron chi connectivity index (χ2n) is 3.48. The van der Waals surface area contributed by atoms with Crippen LogP contribution < -0.4 is 4.90 Å². The Balaban J connectivity index is 2.49. The Hall–Kier alpha value is -2.35. The van der Waals surface area contributed by atoms with Gasteiger partial charge in [-0.1, -0.05) is 0 Å². The molecule has 0 spiro atoms. The minimum atomic E-state index is 0.559. The van der Waals surface area contributed by atoms with E-state index in [4.69, 9.17) is 5.26 Å². The SMILES string of the molecule is CN(C)c1nccc(-n2cccc2C#N)n1. The number of nitrogens with zero attached hydrogens (tertiary/aromatic N) is 5. The zero-order chi connectivity index (χ0) is 11.5. The molecule has 0 aliphatic heterocycles. The lowest BCUT2D eigenvalue weighted by molar-refractivity contribution is 0.929. The molecular formula is C11H11N5. The van der Waals surface area contributed by atoms with Gasteiger partial charge in [-0.15, -0.1) is 0 Å². The summed E-state index contributed by atoms with van der Waals surface area (Å²) in [4.78, 5) is 10.3. The van der Waals surface area contributed by atoms with E-state index >= 15 is 0 Å². The van der Waals surface area contributed by atoms with Gasteiger partial charge in [0.1, 0.15) is 17.6 Å². The van der Waals surface area contributed by atoms with Gasteiger partial charge < -0.3 is 4.90 Å². The highest BCUT2D eigenvalue weighted by molar-refractivity contribution is 5.37.